The Balaban J connectivity index is 2.00. The topological polar surface area (TPSA) is 42.5 Å². The van der Waals surface area contributed by atoms with Gasteiger partial charge >= 0.3 is 8.88 Å². The minimum atomic E-state index is -2.67. The second-order valence-electron chi connectivity index (χ2n) is 6.13. The van der Waals surface area contributed by atoms with Crippen LogP contribution in [0.25, 0.3) is 0 Å². The van der Waals surface area contributed by atoms with Crippen LogP contribution in [0.5, 0.6) is 0 Å². The minimum Gasteiger partial charge on any atom is -0.374 e. The van der Waals surface area contributed by atoms with E-state index in [1.165, 1.54) is 25.7 Å². The Kier molecular flexibility index (Phi) is 7.26. The van der Waals surface area contributed by atoms with E-state index >= 15 is 0 Å². The molecule has 2 aliphatic carbocycles. The highest BCUT2D eigenvalue weighted by molar-refractivity contribution is 6.62. The Labute approximate surface area is 139 Å². The van der Waals surface area contributed by atoms with Crippen molar-refractivity contribution >= 4 is 32.1 Å². The average Bonchev–Trinajstić information content (AvgIpc) is 2.51. The molecule has 2 rings (SSSR count). The summed E-state index contributed by atoms with van der Waals surface area (Å²) in [7, 11) is 0.734. The third kappa shape index (κ3) is 4.80. The minimum absolute atomic E-state index is 0.149. The van der Waals surface area contributed by atoms with Gasteiger partial charge in [0.25, 0.3) is 0 Å². The maximum absolute atomic E-state index is 6.47. The molecule has 0 radical (unpaired) electrons. The van der Waals surface area contributed by atoms with E-state index in [9.17, 15) is 0 Å². The van der Waals surface area contributed by atoms with Crippen molar-refractivity contribution in [1.82, 2.24) is 9.96 Å². The Morgan fingerprint density at radius 3 is 1.48 bits per heavy atom. The number of hydrogen-bond acceptors (Lipinski definition) is 4. The summed E-state index contributed by atoms with van der Waals surface area (Å²) in [6.45, 7) is 0. The van der Waals surface area contributed by atoms with Crippen LogP contribution in [0, 0.1) is 0 Å². The van der Waals surface area contributed by atoms with Gasteiger partial charge in [0.2, 0.25) is 0 Å². The standard InChI is InChI=1S/C14H28Cl2N2O2Si/c1-19-21(20-2,17-13-9-5-3-7-11(13)15)18-14-10-6-4-8-12(14)16/h11-14,17-18H,3-10H2,1-2H3. The van der Waals surface area contributed by atoms with Crippen molar-refractivity contribution in [3.8, 4) is 0 Å². The summed E-state index contributed by atoms with van der Waals surface area (Å²) in [6.07, 6.45) is 9.10. The van der Waals surface area contributed by atoms with Gasteiger partial charge < -0.3 is 8.85 Å². The summed E-state index contributed by atoms with van der Waals surface area (Å²) >= 11 is 12.9. The first-order valence-electron chi connectivity index (χ1n) is 8.04. The summed E-state index contributed by atoms with van der Waals surface area (Å²) in [6, 6.07) is 0.494. The number of hydrogen-bond donors (Lipinski definition) is 2. The highest BCUT2D eigenvalue weighted by atomic mass is 35.5. The molecule has 124 valence electrons. The quantitative estimate of drug-likeness (QED) is 0.568. The molecule has 2 N–H and O–H groups in total. The molecule has 4 nitrogen and oxygen atoms in total. The van der Waals surface area contributed by atoms with E-state index in [-0.39, 0.29) is 22.8 Å². The van der Waals surface area contributed by atoms with Crippen LogP contribution in [0.4, 0.5) is 0 Å². The van der Waals surface area contributed by atoms with Gasteiger partial charge in [0, 0.05) is 37.1 Å². The van der Waals surface area contributed by atoms with Crippen LogP contribution in [0.3, 0.4) is 0 Å². The number of nitrogens with one attached hydrogen (secondary N) is 2. The zero-order valence-corrected chi connectivity index (χ0v) is 15.6. The monoisotopic (exact) mass is 354 g/mol. The third-order valence-corrected chi connectivity index (χ3v) is 8.39. The van der Waals surface area contributed by atoms with Crippen LogP contribution >= 0.6 is 23.2 Å². The molecular weight excluding hydrogens is 327 g/mol. The Bertz CT molecular complexity index is 295. The van der Waals surface area contributed by atoms with Crippen molar-refractivity contribution in [2.24, 2.45) is 0 Å². The molecule has 0 spiro atoms. The van der Waals surface area contributed by atoms with Gasteiger partial charge in [-0.15, -0.1) is 23.2 Å². The molecular formula is C14H28Cl2N2O2Si. The SMILES string of the molecule is CO[Si](NC1CCCCC1Cl)(NC1CCCCC1Cl)OC. The number of rotatable bonds is 6. The lowest BCUT2D eigenvalue weighted by Crippen LogP contribution is -2.73. The van der Waals surface area contributed by atoms with E-state index in [4.69, 9.17) is 32.1 Å². The second-order valence-corrected chi connectivity index (χ2v) is 9.88. The molecule has 2 saturated carbocycles. The molecule has 0 aromatic rings. The summed E-state index contributed by atoms with van der Waals surface area (Å²) in [4.78, 5) is 7.16. The van der Waals surface area contributed by atoms with Crippen LogP contribution < -0.4 is 9.96 Å². The fourth-order valence-corrected chi connectivity index (χ4v) is 6.63. The summed E-state index contributed by atoms with van der Waals surface area (Å²) in [5, 5.41) is 0.298. The number of alkyl halides is 2. The smallest absolute Gasteiger partial charge is 0.374 e. The van der Waals surface area contributed by atoms with Gasteiger partial charge in [0.15, 0.2) is 0 Å². The van der Waals surface area contributed by atoms with Crippen molar-refractivity contribution in [3.63, 3.8) is 0 Å². The summed E-state index contributed by atoms with van der Waals surface area (Å²) < 4.78 is 11.5. The summed E-state index contributed by atoms with van der Waals surface area (Å²) in [5.74, 6) is 0. The maximum atomic E-state index is 6.47. The third-order valence-electron chi connectivity index (χ3n) is 4.69. The molecule has 0 heterocycles. The van der Waals surface area contributed by atoms with E-state index in [0.29, 0.717) is 0 Å². The lowest BCUT2D eigenvalue weighted by atomic mass is 9.96. The van der Waals surface area contributed by atoms with E-state index < -0.39 is 8.88 Å². The van der Waals surface area contributed by atoms with E-state index in [0.717, 1.165) is 25.7 Å². The predicted molar refractivity (Wildman–Crippen MR) is 89.8 cm³/mol. The highest BCUT2D eigenvalue weighted by Gasteiger charge is 2.45. The van der Waals surface area contributed by atoms with Gasteiger partial charge in [-0.2, -0.15) is 0 Å². The number of halogens is 2. The summed E-state index contributed by atoms with van der Waals surface area (Å²) in [5.41, 5.74) is 0. The first kappa shape index (κ1) is 18.0. The predicted octanol–water partition coefficient (Wildman–Crippen LogP) is 2.99. The van der Waals surface area contributed by atoms with Crippen LogP contribution in [-0.2, 0) is 8.85 Å². The Morgan fingerprint density at radius 1 is 0.762 bits per heavy atom. The maximum Gasteiger partial charge on any atom is 0.516 e. The van der Waals surface area contributed by atoms with Gasteiger partial charge in [-0.1, -0.05) is 25.7 Å². The molecule has 4 atom stereocenters. The van der Waals surface area contributed by atoms with E-state index in [1.54, 1.807) is 14.2 Å². The van der Waals surface area contributed by atoms with Crippen LogP contribution in [0.15, 0.2) is 0 Å². The molecule has 0 aromatic carbocycles. The van der Waals surface area contributed by atoms with Gasteiger partial charge in [-0.05, 0) is 25.7 Å². The Morgan fingerprint density at radius 2 is 1.14 bits per heavy atom. The highest BCUT2D eigenvalue weighted by Crippen LogP contribution is 2.26. The van der Waals surface area contributed by atoms with Crippen LogP contribution in [0.1, 0.15) is 51.4 Å². The second kappa shape index (κ2) is 8.48. The average molecular weight is 355 g/mol. The molecule has 2 aliphatic rings. The molecule has 21 heavy (non-hydrogen) atoms. The van der Waals surface area contributed by atoms with Crippen molar-refractivity contribution in [1.29, 1.82) is 0 Å². The fraction of sp³-hybridized carbons (Fsp3) is 1.00. The molecule has 0 aliphatic heterocycles. The van der Waals surface area contributed by atoms with E-state index in [1.807, 2.05) is 0 Å². The fourth-order valence-electron chi connectivity index (χ4n) is 3.35. The van der Waals surface area contributed by atoms with Crippen LogP contribution in [0.2, 0.25) is 0 Å². The Hall–Kier alpha value is 0.637. The molecule has 0 aromatic heterocycles. The van der Waals surface area contributed by atoms with Crippen molar-refractivity contribution in [3.05, 3.63) is 0 Å². The largest absolute Gasteiger partial charge is 0.516 e. The first-order chi connectivity index (χ1) is 10.1. The van der Waals surface area contributed by atoms with Gasteiger partial charge in [-0.3, -0.25) is 9.96 Å². The van der Waals surface area contributed by atoms with Crippen molar-refractivity contribution < 1.29 is 8.85 Å². The molecule has 4 unspecified atom stereocenters. The molecule has 0 bridgehead atoms. The van der Waals surface area contributed by atoms with Crippen molar-refractivity contribution in [2.75, 3.05) is 14.2 Å². The first-order valence-corrected chi connectivity index (χ1v) is 10.7. The van der Waals surface area contributed by atoms with Gasteiger partial charge in [0.1, 0.15) is 0 Å². The zero-order valence-electron chi connectivity index (χ0n) is 13.0. The van der Waals surface area contributed by atoms with Crippen molar-refractivity contribution in [2.45, 2.75) is 74.2 Å². The zero-order chi connectivity index (χ0) is 15.3. The lowest BCUT2D eigenvalue weighted by molar-refractivity contribution is 0.189. The molecule has 7 heteroatoms. The molecule has 0 amide bonds. The lowest BCUT2D eigenvalue weighted by Gasteiger charge is -2.39. The normalized spacial score (nSPS) is 34.9. The molecule has 2 fully saturated rings. The van der Waals surface area contributed by atoms with Gasteiger partial charge in [0.05, 0.1) is 0 Å². The molecule has 0 saturated heterocycles. The van der Waals surface area contributed by atoms with E-state index in [2.05, 4.69) is 9.96 Å². The van der Waals surface area contributed by atoms with Crippen LogP contribution in [-0.4, -0.2) is 45.9 Å². The van der Waals surface area contributed by atoms with Gasteiger partial charge in [-0.25, -0.2) is 0 Å².